The molecule has 1 saturated carbocycles. The molecule has 1 aromatic rings. The molecule has 3 rings (SSSR count). The molecule has 0 bridgehead atoms. The Labute approximate surface area is 124 Å². The number of hydrogen-bond donors (Lipinski definition) is 1. The maximum Gasteiger partial charge on any atom is 0.225 e. The second-order valence-corrected chi connectivity index (χ2v) is 5.92. The highest BCUT2D eigenvalue weighted by molar-refractivity contribution is 5.89. The molecule has 1 aromatic heterocycles. The van der Waals surface area contributed by atoms with Gasteiger partial charge in [-0.1, -0.05) is 18.9 Å². The van der Waals surface area contributed by atoms with Gasteiger partial charge < -0.3 is 10.2 Å². The van der Waals surface area contributed by atoms with E-state index in [1.807, 2.05) is 23.1 Å². The Balaban J connectivity index is 1.52. The van der Waals surface area contributed by atoms with Crippen LogP contribution in [0, 0.1) is 5.92 Å². The monoisotopic (exact) mass is 287 g/mol. The summed E-state index contributed by atoms with van der Waals surface area (Å²) in [7, 11) is 0. The second-order valence-electron chi connectivity index (χ2n) is 5.92. The van der Waals surface area contributed by atoms with Gasteiger partial charge in [-0.2, -0.15) is 0 Å². The minimum absolute atomic E-state index is 0.0329. The highest BCUT2D eigenvalue weighted by atomic mass is 16.2. The van der Waals surface area contributed by atoms with Crippen LogP contribution in [0.3, 0.4) is 0 Å². The van der Waals surface area contributed by atoms with Gasteiger partial charge in [-0.15, -0.1) is 0 Å². The fourth-order valence-electron chi connectivity index (χ4n) is 3.30. The summed E-state index contributed by atoms with van der Waals surface area (Å²) in [5.41, 5.74) is 0.836. The quantitative estimate of drug-likeness (QED) is 0.912. The first-order valence-corrected chi connectivity index (χ1v) is 7.71. The lowest BCUT2D eigenvalue weighted by Gasteiger charge is -2.23. The van der Waals surface area contributed by atoms with E-state index in [9.17, 15) is 9.59 Å². The zero-order valence-corrected chi connectivity index (χ0v) is 12.1. The van der Waals surface area contributed by atoms with Gasteiger partial charge in [0.15, 0.2) is 0 Å². The van der Waals surface area contributed by atoms with Gasteiger partial charge in [0, 0.05) is 25.2 Å². The van der Waals surface area contributed by atoms with E-state index in [-0.39, 0.29) is 17.7 Å². The van der Waals surface area contributed by atoms with Gasteiger partial charge in [-0.05, 0) is 25.0 Å². The molecule has 21 heavy (non-hydrogen) atoms. The third kappa shape index (κ3) is 3.23. The Morgan fingerprint density at radius 1 is 1.33 bits per heavy atom. The second kappa shape index (κ2) is 6.24. The molecule has 2 aliphatic rings. The molecular formula is C16H21N3O2. The van der Waals surface area contributed by atoms with Crippen molar-refractivity contribution in [2.24, 2.45) is 5.92 Å². The van der Waals surface area contributed by atoms with E-state index < -0.39 is 0 Å². The van der Waals surface area contributed by atoms with E-state index in [2.05, 4.69) is 10.3 Å². The fraction of sp³-hybridized carbons (Fsp3) is 0.562. The molecule has 1 aliphatic heterocycles. The summed E-state index contributed by atoms with van der Waals surface area (Å²) in [5, 5.41) is 2.89. The number of nitrogens with zero attached hydrogens (tertiary/aromatic N) is 2. The van der Waals surface area contributed by atoms with Crippen LogP contribution in [-0.2, 0) is 16.1 Å². The lowest BCUT2D eigenvalue weighted by molar-refractivity contribution is -0.130. The molecule has 2 amide bonds. The molecular weight excluding hydrogens is 266 g/mol. The Morgan fingerprint density at radius 2 is 2.14 bits per heavy atom. The lowest BCUT2D eigenvalue weighted by Crippen LogP contribution is -2.36. The number of pyridine rings is 1. The third-order valence-electron chi connectivity index (χ3n) is 4.46. The van der Waals surface area contributed by atoms with Crippen molar-refractivity contribution in [3.05, 3.63) is 30.1 Å². The van der Waals surface area contributed by atoms with Crippen LogP contribution >= 0.6 is 0 Å². The first-order chi connectivity index (χ1) is 10.2. The first kappa shape index (κ1) is 14.0. The predicted octanol–water partition coefficient (Wildman–Crippen LogP) is 1.49. The van der Waals surface area contributed by atoms with Crippen molar-refractivity contribution >= 4 is 11.8 Å². The van der Waals surface area contributed by atoms with Gasteiger partial charge in [0.1, 0.15) is 0 Å². The number of amides is 2. The van der Waals surface area contributed by atoms with E-state index in [4.69, 9.17) is 0 Å². The van der Waals surface area contributed by atoms with Crippen LogP contribution in [0.15, 0.2) is 24.4 Å². The van der Waals surface area contributed by atoms with Crippen molar-refractivity contribution in [2.45, 2.75) is 44.7 Å². The summed E-state index contributed by atoms with van der Waals surface area (Å²) in [5.74, 6) is -0.101. The van der Waals surface area contributed by atoms with Gasteiger partial charge >= 0.3 is 0 Å². The van der Waals surface area contributed by atoms with Gasteiger partial charge in [0.25, 0.3) is 0 Å². The zero-order chi connectivity index (χ0) is 14.7. The standard InChI is InChI=1S/C16H21N3O2/c20-15-9-12(11-19(15)14-6-1-2-7-14)16(21)18-10-13-5-3-4-8-17-13/h3-5,8,12,14H,1-2,6-7,9-11H2,(H,18,21)/t12-/m0/s1. The number of hydrogen-bond acceptors (Lipinski definition) is 3. The number of carbonyl (C=O) groups excluding carboxylic acids is 2. The minimum atomic E-state index is -0.207. The molecule has 0 aromatic carbocycles. The largest absolute Gasteiger partial charge is 0.350 e. The van der Waals surface area contributed by atoms with Crippen molar-refractivity contribution < 1.29 is 9.59 Å². The molecule has 1 saturated heterocycles. The van der Waals surface area contributed by atoms with Crippen LogP contribution < -0.4 is 5.32 Å². The normalized spacial score (nSPS) is 22.8. The lowest BCUT2D eigenvalue weighted by atomic mass is 10.1. The Hall–Kier alpha value is -1.91. The molecule has 0 unspecified atom stereocenters. The third-order valence-corrected chi connectivity index (χ3v) is 4.46. The minimum Gasteiger partial charge on any atom is -0.350 e. The molecule has 112 valence electrons. The average Bonchev–Trinajstić information content (AvgIpc) is 3.15. The fourth-order valence-corrected chi connectivity index (χ4v) is 3.30. The van der Waals surface area contributed by atoms with Crippen molar-refractivity contribution in [1.29, 1.82) is 0 Å². The highest BCUT2D eigenvalue weighted by Crippen LogP contribution is 2.29. The molecule has 1 N–H and O–H groups in total. The molecule has 5 nitrogen and oxygen atoms in total. The summed E-state index contributed by atoms with van der Waals surface area (Å²) in [4.78, 5) is 30.4. The van der Waals surface area contributed by atoms with Crippen molar-refractivity contribution in [3.63, 3.8) is 0 Å². The number of aromatic nitrogens is 1. The van der Waals surface area contributed by atoms with Gasteiger partial charge in [0.2, 0.25) is 11.8 Å². The van der Waals surface area contributed by atoms with Gasteiger partial charge in [0.05, 0.1) is 18.2 Å². The van der Waals surface area contributed by atoms with Crippen molar-refractivity contribution in [2.75, 3.05) is 6.54 Å². The first-order valence-electron chi connectivity index (χ1n) is 7.71. The number of rotatable bonds is 4. The highest BCUT2D eigenvalue weighted by Gasteiger charge is 2.38. The van der Waals surface area contributed by atoms with Crippen molar-refractivity contribution in [3.8, 4) is 0 Å². The van der Waals surface area contributed by atoms with E-state index in [0.717, 1.165) is 18.5 Å². The number of likely N-dealkylation sites (tertiary alicyclic amines) is 1. The number of nitrogens with one attached hydrogen (secondary N) is 1. The Morgan fingerprint density at radius 3 is 2.86 bits per heavy atom. The van der Waals surface area contributed by atoms with Crippen LogP contribution in [0.4, 0.5) is 0 Å². The van der Waals surface area contributed by atoms with Crippen LogP contribution in [0.25, 0.3) is 0 Å². The van der Waals surface area contributed by atoms with Gasteiger partial charge in [-0.3, -0.25) is 14.6 Å². The number of carbonyl (C=O) groups is 2. The summed E-state index contributed by atoms with van der Waals surface area (Å²) in [6.45, 7) is 1.01. The molecule has 5 heteroatoms. The van der Waals surface area contributed by atoms with Gasteiger partial charge in [-0.25, -0.2) is 0 Å². The maximum atomic E-state index is 12.2. The van der Waals surface area contributed by atoms with Crippen LogP contribution in [0.1, 0.15) is 37.8 Å². The Bertz CT molecular complexity index is 512. The topological polar surface area (TPSA) is 62.3 Å². The summed E-state index contributed by atoms with van der Waals surface area (Å²) < 4.78 is 0. The summed E-state index contributed by atoms with van der Waals surface area (Å²) in [6.07, 6.45) is 6.64. The molecule has 0 spiro atoms. The summed E-state index contributed by atoms with van der Waals surface area (Å²) >= 11 is 0. The molecule has 1 aliphatic carbocycles. The van der Waals surface area contributed by atoms with Crippen molar-refractivity contribution in [1.82, 2.24) is 15.2 Å². The molecule has 0 radical (unpaired) electrons. The molecule has 2 fully saturated rings. The van der Waals surface area contributed by atoms with E-state index in [1.165, 1.54) is 12.8 Å². The van der Waals surface area contributed by atoms with Crippen LogP contribution in [0.5, 0.6) is 0 Å². The smallest absolute Gasteiger partial charge is 0.225 e. The maximum absolute atomic E-state index is 12.2. The Kier molecular flexibility index (Phi) is 4.18. The van der Waals surface area contributed by atoms with E-state index in [1.54, 1.807) is 6.20 Å². The molecule has 1 atom stereocenters. The summed E-state index contributed by atoms with van der Waals surface area (Å²) in [6, 6.07) is 5.99. The van der Waals surface area contributed by atoms with E-state index >= 15 is 0 Å². The van der Waals surface area contributed by atoms with Crippen LogP contribution in [-0.4, -0.2) is 34.3 Å². The predicted molar refractivity (Wildman–Crippen MR) is 78.2 cm³/mol. The SMILES string of the molecule is O=C(NCc1ccccn1)[C@H]1CC(=O)N(C2CCCC2)C1. The van der Waals surface area contributed by atoms with Crippen LogP contribution in [0.2, 0.25) is 0 Å². The molecule has 2 heterocycles. The zero-order valence-electron chi connectivity index (χ0n) is 12.1. The van der Waals surface area contributed by atoms with E-state index in [0.29, 0.717) is 25.6 Å². The average molecular weight is 287 g/mol.